The molecule has 4 rings (SSSR count). The van der Waals surface area contributed by atoms with E-state index in [1.165, 1.54) is 40.7 Å². The lowest BCUT2D eigenvalue weighted by atomic mass is 9.90. The lowest BCUT2D eigenvalue weighted by Crippen LogP contribution is -2.30. The van der Waals surface area contributed by atoms with Crippen LogP contribution in [0, 0.1) is 12.8 Å². The van der Waals surface area contributed by atoms with Crippen LogP contribution in [-0.2, 0) is 24.3 Å². The maximum atomic E-state index is 11.4. The van der Waals surface area contributed by atoms with Gasteiger partial charge in [-0.15, -0.1) is 0 Å². The van der Waals surface area contributed by atoms with Gasteiger partial charge < -0.3 is 9.53 Å². The predicted octanol–water partition coefficient (Wildman–Crippen LogP) is 5.42. The smallest absolute Gasteiger partial charge is 0.130 e. The Morgan fingerprint density at radius 2 is 2.00 bits per heavy atom. The van der Waals surface area contributed by atoms with E-state index in [4.69, 9.17) is 4.74 Å². The number of nitrogens with zero attached hydrogens (tertiary/aromatic N) is 1. The van der Waals surface area contributed by atoms with Crippen LogP contribution in [0.15, 0.2) is 36.4 Å². The van der Waals surface area contributed by atoms with E-state index >= 15 is 0 Å². The Bertz CT molecular complexity index is 884. The molecule has 29 heavy (non-hydrogen) atoms. The van der Waals surface area contributed by atoms with Crippen LogP contribution in [0.2, 0.25) is 0 Å². The second-order valence-electron chi connectivity index (χ2n) is 9.14. The minimum absolute atomic E-state index is 0.265. The summed E-state index contributed by atoms with van der Waals surface area (Å²) in [6.07, 6.45) is 4.36. The summed E-state index contributed by atoms with van der Waals surface area (Å²) < 4.78 is 5.92. The largest absolute Gasteiger partial charge is 0.493 e. The zero-order valence-electron chi connectivity index (χ0n) is 18.0. The Labute approximate surface area is 175 Å². The average molecular weight is 392 g/mol. The van der Waals surface area contributed by atoms with Crippen molar-refractivity contribution in [3.63, 3.8) is 0 Å². The molecule has 0 aromatic heterocycles. The molecule has 1 unspecified atom stereocenters. The van der Waals surface area contributed by atoms with E-state index in [0.29, 0.717) is 12.3 Å². The second-order valence-corrected chi connectivity index (χ2v) is 9.14. The highest BCUT2D eigenvalue weighted by Crippen LogP contribution is 2.30. The van der Waals surface area contributed by atoms with Crippen LogP contribution in [0.3, 0.4) is 0 Å². The summed E-state index contributed by atoms with van der Waals surface area (Å²) in [5, 5.41) is 0. The van der Waals surface area contributed by atoms with Crippen molar-refractivity contribution >= 4 is 5.78 Å². The fourth-order valence-corrected chi connectivity index (χ4v) is 4.30. The van der Waals surface area contributed by atoms with Gasteiger partial charge in [-0.2, -0.15) is 0 Å². The number of hydrogen-bond acceptors (Lipinski definition) is 3. The molecule has 0 saturated heterocycles. The fourth-order valence-electron chi connectivity index (χ4n) is 4.30. The van der Waals surface area contributed by atoms with Gasteiger partial charge in [0.2, 0.25) is 0 Å². The molecule has 1 aliphatic carbocycles. The highest BCUT2D eigenvalue weighted by atomic mass is 16.5. The number of aryl methyl sites for hydroxylation is 1. The Kier molecular flexibility index (Phi) is 6.05. The van der Waals surface area contributed by atoms with Crippen molar-refractivity contribution in [2.45, 2.75) is 65.5 Å². The quantitative estimate of drug-likeness (QED) is 0.601. The Morgan fingerprint density at radius 1 is 1.17 bits per heavy atom. The topological polar surface area (TPSA) is 29.5 Å². The molecule has 0 N–H and O–H groups in total. The van der Waals surface area contributed by atoms with Gasteiger partial charge in [-0.3, -0.25) is 4.90 Å². The van der Waals surface area contributed by atoms with Crippen LogP contribution in [0.4, 0.5) is 0 Å². The van der Waals surface area contributed by atoms with Gasteiger partial charge in [0.15, 0.2) is 0 Å². The van der Waals surface area contributed by atoms with Crippen molar-refractivity contribution in [1.29, 1.82) is 0 Å². The van der Waals surface area contributed by atoms with Crippen LogP contribution < -0.4 is 4.74 Å². The van der Waals surface area contributed by atoms with Crippen LogP contribution in [0.5, 0.6) is 5.75 Å². The molecule has 0 bridgehead atoms. The standard InChI is InChI=1S/C26H33NO2/c1-18(12-20(3)28)22-6-7-25-16-27(11-10-23(25)14-22)15-24-8-9-26(13-19(24)2)29-17-21-4-5-21/h6-9,13-14,18,21H,4-5,10-12,15-17H2,1-3H3. The van der Waals surface area contributed by atoms with Crippen molar-refractivity contribution < 1.29 is 9.53 Å². The second kappa shape index (κ2) is 8.71. The maximum Gasteiger partial charge on any atom is 0.130 e. The SMILES string of the molecule is CC(=O)CC(C)c1ccc2c(c1)CCN(Cc1ccc(OCC3CC3)cc1C)C2. The first-order valence-electron chi connectivity index (χ1n) is 11.0. The predicted molar refractivity (Wildman–Crippen MR) is 117 cm³/mol. The molecule has 0 amide bonds. The van der Waals surface area contributed by atoms with Crippen molar-refractivity contribution in [2.24, 2.45) is 5.92 Å². The summed E-state index contributed by atoms with van der Waals surface area (Å²) in [5.41, 5.74) is 6.88. The molecule has 1 fully saturated rings. The molecule has 2 aliphatic rings. The molecular formula is C26H33NO2. The third-order valence-electron chi connectivity index (χ3n) is 6.37. The molecule has 0 spiro atoms. The molecule has 1 heterocycles. The summed E-state index contributed by atoms with van der Waals surface area (Å²) in [6, 6.07) is 13.4. The van der Waals surface area contributed by atoms with Gasteiger partial charge in [0, 0.05) is 26.1 Å². The van der Waals surface area contributed by atoms with Crippen molar-refractivity contribution in [2.75, 3.05) is 13.2 Å². The van der Waals surface area contributed by atoms with Gasteiger partial charge in [-0.1, -0.05) is 31.2 Å². The lowest BCUT2D eigenvalue weighted by molar-refractivity contribution is -0.117. The normalized spacial score (nSPS) is 17.6. The van der Waals surface area contributed by atoms with Crippen LogP contribution in [-0.4, -0.2) is 23.8 Å². The van der Waals surface area contributed by atoms with Gasteiger partial charge >= 0.3 is 0 Å². The highest BCUT2D eigenvalue weighted by Gasteiger charge is 2.22. The third-order valence-corrected chi connectivity index (χ3v) is 6.37. The number of benzene rings is 2. The van der Waals surface area contributed by atoms with E-state index in [-0.39, 0.29) is 5.78 Å². The number of Topliss-reactive ketones (excluding diaryl/α,β-unsaturated/α-hetero) is 1. The average Bonchev–Trinajstić information content (AvgIpc) is 3.52. The number of ether oxygens (including phenoxy) is 1. The minimum Gasteiger partial charge on any atom is -0.493 e. The van der Waals surface area contributed by atoms with Gasteiger partial charge in [-0.05, 0) is 84.9 Å². The van der Waals surface area contributed by atoms with Crippen LogP contribution >= 0.6 is 0 Å². The lowest BCUT2D eigenvalue weighted by Gasteiger charge is -2.30. The number of rotatable bonds is 8. The molecule has 3 heteroatoms. The summed E-state index contributed by atoms with van der Waals surface area (Å²) >= 11 is 0. The van der Waals surface area contributed by atoms with Crippen molar-refractivity contribution in [3.8, 4) is 5.75 Å². The first-order valence-corrected chi connectivity index (χ1v) is 11.0. The van der Waals surface area contributed by atoms with E-state index in [2.05, 4.69) is 55.1 Å². The number of carbonyl (C=O) groups excluding carboxylic acids is 1. The van der Waals surface area contributed by atoms with Crippen LogP contribution in [0.1, 0.15) is 66.8 Å². The minimum atomic E-state index is 0.265. The summed E-state index contributed by atoms with van der Waals surface area (Å²) in [7, 11) is 0. The van der Waals surface area contributed by atoms with E-state index in [9.17, 15) is 4.79 Å². The zero-order chi connectivity index (χ0) is 20.4. The highest BCUT2D eigenvalue weighted by molar-refractivity contribution is 5.76. The molecule has 0 radical (unpaired) electrons. The number of hydrogen-bond donors (Lipinski definition) is 0. The number of ketones is 1. The molecule has 1 atom stereocenters. The molecule has 3 nitrogen and oxygen atoms in total. The van der Waals surface area contributed by atoms with E-state index < -0.39 is 0 Å². The molecule has 2 aromatic carbocycles. The van der Waals surface area contributed by atoms with Gasteiger partial charge in [0.05, 0.1) is 6.61 Å². The Balaban J connectivity index is 1.37. The maximum absolute atomic E-state index is 11.4. The summed E-state index contributed by atoms with van der Waals surface area (Å²) in [5.74, 6) is 2.36. The Morgan fingerprint density at radius 3 is 2.72 bits per heavy atom. The first-order chi connectivity index (χ1) is 14.0. The molecule has 1 saturated carbocycles. The van der Waals surface area contributed by atoms with Gasteiger partial charge in [0.25, 0.3) is 0 Å². The third kappa shape index (κ3) is 5.27. The zero-order valence-corrected chi connectivity index (χ0v) is 18.0. The molecule has 1 aliphatic heterocycles. The Hall–Kier alpha value is -2.13. The van der Waals surface area contributed by atoms with Gasteiger partial charge in [-0.25, -0.2) is 0 Å². The van der Waals surface area contributed by atoms with E-state index in [1.807, 2.05) is 0 Å². The van der Waals surface area contributed by atoms with E-state index in [1.54, 1.807) is 6.92 Å². The van der Waals surface area contributed by atoms with Crippen molar-refractivity contribution in [3.05, 3.63) is 64.2 Å². The molecular weight excluding hydrogens is 358 g/mol. The van der Waals surface area contributed by atoms with Crippen molar-refractivity contribution in [1.82, 2.24) is 4.90 Å². The molecule has 154 valence electrons. The first kappa shape index (κ1) is 20.2. The molecule has 2 aromatic rings. The number of carbonyl (C=O) groups is 1. The summed E-state index contributed by atoms with van der Waals surface area (Å²) in [6.45, 7) is 9.96. The van der Waals surface area contributed by atoms with Crippen LogP contribution in [0.25, 0.3) is 0 Å². The fraction of sp³-hybridized carbons (Fsp3) is 0.500. The number of fused-ring (bicyclic) bond motifs is 1. The summed E-state index contributed by atoms with van der Waals surface area (Å²) in [4.78, 5) is 14.0. The monoisotopic (exact) mass is 391 g/mol. The van der Waals surface area contributed by atoms with Gasteiger partial charge in [0.1, 0.15) is 11.5 Å². The van der Waals surface area contributed by atoms with E-state index in [0.717, 1.165) is 44.3 Å².